The number of fused-ring (bicyclic) bond motifs is 1. The van der Waals surface area contributed by atoms with Gasteiger partial charge in [-0.25, -0.2) is 9.37 Å². The van der Waals surface area contributed by atoms with Gasteiger partial charge in [0.05, 0.1) is 5.56 Å². The molecule has 0 fully saturated rings. The van der Waals surface area contributed by atoms with Crippen LogP contribution in [0.5, 0.6) is 0 Å². The monoisotopic (exact) mass is 311 g/mol. The summed E-state index contributed by atoms with van der Waals surface area (Å²) in [5, 5.41) is 3.86. The molecule has 1 aromatic carbocycles. The van der Waals surface area contributed by atoms with Crippen LogP contribution in [0.15, 0.2) is 48.8 Å². The Hall–Kier alpha value is -2.69. The summed E-state index contributed by atoms with van der Waals surface area (Å²) in [4.78, 5) is 16.4. The fraction of sp³-hybridized carbons (Fsp3) is 0.222. The van der Waals surface area contributed by atoms with Gasteiger partial charge < -0.3 is 9.88 Å². The zero-order valence-electron chi connectivity index (χ0n) is 12.9. The molecule has 0 aliphatic rings. The molecule has 3 rings (SSSR count). The maximum absolute atomic E-state index is 13.6. The summed E-state index contributed by atoms with van der Waals surface area (Å²) in [6.45, 7) is 3.36. The van der Waals surface area contributed by atoms with Crippen molar-refractivity contribution in [3.8, 4) is 0 Å². The number of amides is 1. The first-order chi connectivity index (χ1) is 11.2. The molecule has 1 amide bonds. The number of nitrogens with zero attached hydrogens (tertiary/aromatic N) is 2. The lowest BCUT2D eigenvalue weighted by Gasteiger charge is -2.05. The van der Waals surface area contributed by atoms with Gasteiger partial charge in [0.15, 0.2) is 0 Å². The summed E-state index contributed by atoms with van der Waals surface area (Å²) in [5.41, 5.74) is 2.15. The molecule has 118 valence electrons. The predicted molar refractivity (Wildman–Crippen MR) is 87.8 cm³/mol. The van der Waals surface area contributed by atoms with E-state index in [0.717, 1.165) is 23.1 Å². The number of nitrogens with one attached hydrogen (secondary N) is 1. The molecule has 4 nitrogen and oxygen atoms in total. The lowest BCUT2D eigenvalue weighted by atomic mass is 10.1. The van der Waals surface area contributed by atoms with Gasteiger partial charge in [-0.15, -0.1) is 0 Å². The fourth-order valence-corrected chi connectivity index (χ4v) is 2.69. The number of aryl methyl sites for hydroxylation is 1. The largest absolute Gasteiger partial charge is 0.352 e. The molecule has 5 heteroatoms. The maximum atomic E-state index is 13.6. The van der Waals surface area contributed by atoms with E-state index in [-0.39, 0.29) is 11.5 Å². The van der Waals surface area contributed by atoms with E-state index >= 15 is 0 Å². The molecule has 0 aliphatic carbocycles. The maximum Gasteiger partial charge on any atom is 0.254 e. The molecule has 23 heavy (non-hydrogen) atoms. The Morgan fingerprint density at radius 2 is 2.09 bits per heavy atom. The number of hydrogen-bond acceptors (Lipinski definition) is 2. The fourth-order valence-electron chi connectivity index (χ4n) is 2.69. The Kier molecular flexibility index (Phi) is 4.37. The topological polar surface area (TPSA) is 46.9 Å². The summed E-state index contributed by atoms with van der Waals surface area (Å²) >= 11 is 0. The normalized spacial score (nSPS) is 10.9. The number of halogens is 1. The van der Waals surface area contributed by atoms with Crippen molar-refractivity contribution in [3.05, 3.63) is 65.7 Å². The lowest BCUT2D eigenvalue weighted by molar-refractivity contribution is 0.0950. The zero-order chi connectivity index (χ0) is 16.2. The minimum Gasteiger partial charge on any atom is -0.352 e. The van der Waals surface area contributed by atoms with Crippen LogP contribution in [0, 0.1) is 5.82 Å². The van der Waals surface area contributed by atoms with Gasteiger partial charge in [-0.2, -0.15) is 0 Å². The summed E-state index contributed by atoms with van der Waals surface area (Å²) in [5.74, 6) is -0.891. The number of benzene rings is 1. The van der Waals surface area contributed by atoms with Crippen LogP contribution in [-0.4, -0.2) is 22.0 Å². The van der Waals surface area contributed by atoms with Crippen LogP contribution in [0.4, 0.5) is 4.39 Å². The molecular formula is C18H18FN3O. The Balaban J connectivity index is 1.70. The quantitative estimate of drug-likeness (QED) is 0.787. The highest BCUT2D eigenvalue weighted by Crippen LogP contribution is 2.19. The average molecular weight is 311 g/mol. The Labute approximate surface area is 134 Å². The molecule has 2 heterocycles. The van der Waals surface area contributed by atoms with Crippen molar-refractivity contribution in [1.29, 1.82) is 0 Å². The van der Waals surface area contributed by atoms with Crippen molar-refractivity contribution in [3.63, 3.8) is 0 Å². The highest BCUT2D eigenvalue weighted by Gasteiger charge is 2.11. The minimum absolute atomic E-state index is 0.0742. The molecule has 2 aromatic heterocycles. The molecule has 0 saturated heterocycles. The summed E-state index contributed by atoms with van der Waals surface area (Å²) in [7, 11) is 0. The number of carbonyl (C=O) groups excluding carboxylic acids is 1. The first-order valence-corrected chi connectivity index (χ1v) is 7.66. The third kappa shape index (κ3) is 3.08. The number of rotatable bonds is 5. The standard InChI is InChI=1S/C18H18FN3O/c1-2-22-12-13(14-7-5-10-20-17(14)22)9-11-21-18(23)15-6-3-4-8-16(15)19/h3-8,10,12H,2,9,11H2,1H3,(H,21,23). The van der Waals surface area contributed by atoms with Crippen molar-refractivity contribution in [1.82, 2.24) is 14.9 Å². The third-order valence-corrected chi connectivity index (χ3v) is 3.86. The van der Waals surface area contributed by atoms with E-state index in [1.54, 1.807) is 18.3 Å². The van der Waals surface area contributed by atoms with Crippen LogP contribution < -0.4 is 5.32 Å². The Morgan fingerprint density at radius 3 is 2.87 bits per heavy atom. The molecule has 0 aliphatic heterocycles. The van der Waals surface area contributed by atoms with Crippen molar-refractivity contribution >= 4 is 16.9 Å². The van der Waals surface area contributed by atoms with E-state index in [0.29, 0.717) is 13.0 Å². The van der Waals surface area contributed by atoms with Crippen LogP contribution in [0.1, 0.15) is 22.8 Å². The number of hydrogen-bond donors (Lipinski definition) is 1. The second-order valence-electron chi connectivity index (χ2n) is 5.30. The van der Waals surface area contributed by atoms with Gasteiger partial charge in [0.25, 0.3) is 5.91 Å². The summed E-state index contributed by atoms with van der Waals surface area (Å²) in [6.07, 6.45) is 4.51. The number of aromatic nitrogens is 2. The van der Waals surface area contributed by atoms with E-state index in [9.17, 15) is 9.18 Å². The Bertz CT molecular complexity index is 841. The first-order valence-electron chi connectivity index (χ1n) is 7.66. The van der Waals surface area contributed by atoms with E-state index in [4.69, 9.17) is 0 Å². The van der Waals surface area contributed by atoms with Crippen molar-refractivity contribution < 1.29 is 9.18 Å². The van der Waals surface area contributed by atoms with Crippen LogP contribution in [-0.2, 0) is 13.0 Å². The van der Waals surface area contributed by atoms with Crippen LogP contribution >= 0.6 is 0 Å². The lowest BCUT2D eigenvalue weighted by Crippen LogP contribution is -2.26. The summed E-state index contributed by atoms with van der Waals surface area (Å²) < 4.78 is 15.7. The van der Waals surface area contributed by atoms with Crippen molar-refractivity contribution in [2.45, 2.75) is 19.9 Å². The first kappa shape index (κ1) is 15.2. The van der Waals surface area contributed by atoms with E-state index in [2.05, 4.69) is 28.0 Å². The van der Waals surface area contributed by atoms with Gasteiger partial charge >= 0.3 is 0 Å². The minimum atomic E-state index is -0.503. The second kappa shape index (κ2) is 6.60. The molecule has 0 atom stereocenters. The average Bonchev–Trinajstić information content (AvgIpc) is 2.93. The molecule has 3 aromatic rings. The SMILES string of the molecule is CCn1cc(CCNC(=O)c2ccccc2F)c2cccnc21. The number of pyridine rings is 1. The van der Waals surface area contributed by atoms with Gasteiger partial charge in [0.2, 0.25) is 0 Å². The van der Waals surface area contributed by atoms with Crippen molar-refractivity contribution in [2.75, 3.05) is 6.54 Å². The third-order valence-electron chi connectivity index (χ3n) is 3.86. The molecule has 0 radical (unpaired) electrons. The van der Waals surface area contributed by atoms with Gasteiger partial charge in [-0.05, 0) is 43.2 Å². The van der Waals surface area contributed by atoms with Gasteiger partial charge in [-0.1, -0.05) is 12.1 Å². The second-order valence-corrected chi connectivity index (χ2v) is 5.30. The molecule has 0 spiro atoms. The van der Waals surface area contributed by atoms with E-state index in [1.165, 1.54) is 12.1 Å². The molecule has 0 unspecified atom stereocenters. The van der Waals surface area contributed by atoms with Gasteiger partial charge in [0, 0.05) is 30.9 Å². The van der Waals surface area contributed by atoms with Gasteiger partial charge in [0.1, 0.15) is 11.5 Å². The van der Waals surface area contributed by atoms with Crippen LogP contribution in [0.2, 0.25) is 0 Å². The smallest absolute Gasteiger partial charge is 0.254 e. The van der Waals surface area contributed by atoms with E-state index in [1.807, 2.05) is 12.1 Å². The number of carbonyl (C=O) groups is 1. The Morgan fingerprint density at radius 1 is 1.26 bits per heavy atom. The zero-order valence-corrected chi connectivity index (χ0v) is 12.9. The van der Waals surface area contributed by atoms with Crippen molar-refractivity contribution in [2.24, 2.45) is 0 Å². The molecule has 1 N–H and O–H groups in total. The van der Waals surface area contributed by atoms with Gasteiger partial charge in [-0.3, -0.25) is 4.79 Å². The van der Waals surface area contributed by atoms with Crippen LogP contribution in [0.3, 0.4) is 0 Å². The highest BCUT2D eigenvalue weighted by atomic mass is 19.1. The van der Waals surface area contributed by atoms with Crippen LogP contribution in [0.25, 0.3) is 11.0 Å². The predicted octanol–water partition coefficient (Wildman–Crippen LogP) is 3.17. The summed E-state index contributed by atoms with van der Waals surface area (Å²) in [6, 6.07) is 9.93. The molecule has 0 saturated carbocycles. The molecular weight excluding hydrogens is 293 g/mol. The van der Waals surface area contributed by atoms with E-state index < -0.39 is 5.82 Å². The highest BCUT2D eigenvalue weighted by molar-refractivity contribution is 5.94. The molecule has 0 bridgehead atoms.